The molecule has 2 aliphatic heterocycles. The fraction of sp³-hybridized carbons (Fsp3) is 0.562. The first-order valence-corrected chi connectivity index (χ1v) is 35.4. The minimum Gasteiger partial charge on any atom is -0.481 e. The molecule has 24 nitrogen and oxygen atoms in total. The predicted octanol–water partition coefficient (Wildman–Crippen LogP) is 5.86. The van der Waals surface area contributed by atoms with E-state index in [4.69, 9.17) is 51.6 Å². The van der Waals surface area contributed by atoms with E-state index in [1.54, 1.807) is 24.3 Å². The zero-order valence-electron chi connectivity index (χ0n) is 53.5. The number of hydrogen-bond donors (Lipinski definition) is 6. The van der Waals surface area contributed by atoms with Gasteiger partial charge in [-0.15, -0.1) is 0 Å². The van der Waals surface area contributed by atoms with Crippen LogP contribution < -0.4 is 40.2 Å². The smallest absolute Gasteiger partial charge is 0.314 e. The molecule has 0 saturated carbocycles. The van der Waals surface area contributed by atoms with E-state index in [2.05, 4.69) is 62.4 Å². The average Bonchev–Trinajstić information content (AvgIpc) is 1.61. The lowest BCUT2D eigenvalue weighted by atomic mass is 10.0. The Morgan fingerprint density at radius 3 is 1.29 bits per heavy atom. The highest BCUT2D eigenvalue weighted by atomic mass is 35.5. The summed E-state index contributed by atoms with van der Waals surface area (Å²) >= 11 is 12.9. The van der Waals surface area contributed by atoms with E-state index in [0.717, 1.165) is 75.1 Å². The Balaban J connectivity index is 0.605. The number of nitrogens with zero attached hydrogens (tertiary/aromatic N) is 6. The van der Waals surface area contributed by atoms with E-state index in [1.165, 1.54) is 24.3 Å². The summed E-state index contributed by atoms with van der Waals surface area (Å²) in [5.74, 6) is -1.94. The number of benzene rings is 4. The minimum atomic E-state index is -4.11. The summed E-state index contributed by atoms with van der Waals surface area (Å²) in [6.07, 6.45) is 5.00. The number of urea groups is 2. The van der Waals surface area contributed by atoms with Gasteiger partial charge in [-0.2, -0.15) is 10.5 Å². The molecule has 2 heterocycles. The molecule has 6 atom stereocenters. The van der Waals surface area contributed by atoms with Gasteiger partial charge in [0.2, 0.25) is 20.0 Å². The van der Waals surface area contributed by atoms with Crippen molar-refractivity contribution >= 4 is 55.3 Å². The summed E-state index contributed by atoms with van der Waals surface area (Å²) in [5.41, 5.74) is 3.95. The van der Waals surface area contributed by atoms with Crippen LogP contribution in [-0.4, -0.2) is 219 Å². The number of rotatable bonds is 35. The van der Waals surface area contributed by atoms with Crippen LogP contribution in [0.3, 0.4) is 0 Å². The van der Waals surface area contributed by atoms with Crippen LogP contribution in [0, 0.1) is 34.3 Å². The van der Waals surface area contributed by atoms with Crippen LogP contribution in [0.4, 0.5) is 18.4 Å². The van der Waals surface area contributed by atoms with Crippen molar-refractivity contribution in [2.75, 3.05) is 146 Å². The van der Waals surface area contributed by atoms with E-state index >= 15 is 8.78 Å². The second-order valence-corrected chi connectivity index (χ2v) is 28.3. The monoisotopic (exact) mass is 1390 g/mol. The molecule has 2 fully saturated rings. The normalized spacial score (nSPS) is 19.9. The first-order chi connectivity index (χ1) is 45.2. The van der Waals surface area contributed by atoms with E-state index in [1.807, 2.05) is 28.2 Å². The largest absolute Gasteiger partial charge is 0.481 e. The second-order valence-electron chi connectivity index (χ2n) is 23.9. The molecule has 4 amide bonds. The third-order valence-corrected chi connectivity index (χ3v) is 20.5. The molecule has 1 unspecified atom stereocenters. The van der Waals surface area contributed by atoms with Crippen molar-refractivity contribution in [1.82, 2.24) is 50.3 Å². The topological polar surface area (TPSA) is 291 Å². The van der Waals surface area contributed by atoms with Crippen molar-refractivity contribution in [1.29, 1.82) is 10.5 Å². The Labute approximate surface area is 560 Å². The van der Waals surface area contributed by atoms with E-state index in [9.17, 15) is 36.9 Å². The van der Waals surface area contributed by atoms with Crippen LogP contribution >= 0.6 is 23.2 Å². The van der Waals surface area contributed by atoms with Crippen molar-refractivity contribution in [3.63, 3.8) is 0 Å². The predicted molar refractivity (Wildman–Crippen MR) is 349 cm³/mol. The van der Waals surface area contributed by atoms with E-state index in [0.29, 0.717) is 83.2 Å². The van der Waals surface area contributed by atoms with Crippen molar-refractivity contribution in [3.8, 4) is 23.6 Å². The number of nitrogens with one attached hydrogen (secondary N) is 6. The highest BCUT2D eigenvalue weighted by Crippen LogP contribution is 2.44. The SMILES string of the molecule is CN(C)[C@@H]1CCCN(C2Cc3c(C#N)cc(Cl)cc3[C@@H]2Oc2ccc(S(=O)(=O)NCCOCCOCCNC(=O)NCCCCNC(=O)NCCOCCOCCNS(=O)(=O)c3ccc(O[C@H]4c5cc(Cl)cc(C#N)c5C[C@@H]4N4CCC[C@@H](N(C)C)C4)c(F)c3)cc2F)C1. The third-order valence-electron chi connectivity index (χ3n) is 17.1. The first kappa shape index (κ1) is 73.7. The maximum Gasteiger partial charge on any atom is 0.314 e. The summed E-state index contributed by atoms with van der Waals surface area (Å²) in [5, 5.41) is 31.4. The number of piperidine rings is 2. The Hall–Kier alpha value is -6.06. The van der Waals surface area contributed by atoms with Gasteiger partial charge in [-0.3, -0.25) is 9.80 Å². The Morgan fingerprint density at radius 2 is 0.926 bits per heavy atom. The van der Waals surface area contributed by atoms with Crippen molar-refractivity contribution in [2.24, 2.45) is 0 Å². The standard InChI is InChI=1S/C64H86Cl2F2N12O12S2/c1-77(2)47-9-7-21-79(41-47)57-37-51-43(39-69)31-45(65)33-53(51)61(57)91-59-13-11-49(35-55(59)67)93(83,84)75-19-25-89-29-27-87-23-17-73-63(81)71-15-5-6-16-72-64(82)74-18-24-88-28-30-90-26-20-76-94(85,86)50-12-14-60(56(68)36-50)92-62-54-34-46(66)32-44(40-70)52(54)38-58(62)80-22-8-10-48(42-80)78(3)4/h11-14,31-36,47-48,57-58,61-62,75-76H,5-10,15-30,37-38,41-42H2,1-4H3,(H2,71,73,81)(H2,72,74,82)/t47-,48-,57+,58?,61+,62+/m1/s1. The van der Waals surface area contributed by atoms with Gasteiger partial charge in [0.05, 0.1) is 98.0 Å². The van der Waals surface area contributed by atoms with Gasteiger partial charge in [0.15, 0.2) is 23.1 Å². The fourth-order valence-corrected chi connectivity index (χ4v) is 14.7. The molecule has 0 aromatic heterocycles. The maximum absolute atomic E-state index is 15.7. The van der Waals surface area contributed by atoms with Gasteiger partial charge in [0.25, 0.3) is 0 Å². The lowest BCUT2D eigenvalue weighted by Gasteiger charge is -2.41. The molecule has 30 heteroatoms. The second kappa shape index (κ2) is 35.8. The number of halogens is 4. The van der Waals surface area contributed by atoms with Crippen LogP contribution in [0.25, 0.3) is 0 Å². The molecule has 2 aliphatic carbocycles. The van der Waals surface area contributed by atoms with Gasteiger partial charge in [0, 0.05) is 74.5 Å². The lowest BCUT2D eigenvalue weighted by molar-refractivity contribution is 0.0364. The molecule has 0 radical (unpaired) electrons. The van der Waals surface area contributed by atoms with Crippen molar-refractivity contribution in [2.45, 2.75) is 97.5 Å². The molecular weight excluding hydrogens is 1300 g/mol. The number of likely N-dealkylation sites (N-methyl/N-ethyl adjacent to an activating group) is 2. The Kier molecular flexibility index (Phi) is 28.1. The molecule has 8 rings (SSSR count). The number of unbranched alkanes of at least 4 members (excludes halogenated alkanes) is 1. The fourth-order valence-electron chi connectivity index (χ4n) is 12.2. The quantitative estimate of drug-likeness (QED) is 0.0294. The Bertz CT molecular complexity index is 3310. The first-order valence-electron chi connectivity index (χ1n) is 31.7. The van der Waals surface area contributed by atoms with Crippen LogP contribution in [0.15, 0.2) is 70.5 Å². The number of sulfonamides is 2. The number of carbonyl (C=O) groups excluding carboxylic acids is 2. The zero-order valence-corrected chi connectivity index (χ0v) is 56.7. The molecule has 2 saturated heterocycles. The number of hydrogen-bond acceptors (Lipinski definition) is 18. The van der Waals surface area contributed by atoms with E-state index < -0.39 is 43.9 Å². The Morgan fingerprint density at radius 1 is 0.553 bits per heavy atom. The number of fused-ring (bicyclic) bond motifs is 2. The molecule has 0 spiro atoms. The van der Waals surface area contributed by atoms with Gasteiger partial charge < -0.3 is 59.5 Å². The summed E-state index contributed by atoms with van der Waals surface area (Å²) in [6.45, 7) is 5.38. The number of amides is 4. The number of carbonyl (C=O) groups is 2. The molecule has 94 heavy (non-hydrogen) atoms. The van der Waals surface area contributed by atoms with E-state index in [-0.39, 0.29) is 124 Å². The summed E-state index contributed by atoms with van der Waals surface area (Å²) < 4.78 is 123. The molecule has 6 N–H and O–H groups in total. The van der Waals surface area contributed by atoms with Crippen LogP contribution in [0.5, 0.6) is 11.5 Å². The summed E-state index contributed by atoms with van der Waals surface area (Å²) in [7, 11) is -0.0311. The van der Waals surface area contributed by atoms with Crippen LogP contribution in [0.2, 0.25) is 10.0 Å². The average molecular weight is 1390 g/mol. The molecule has 4 aromatic rings. The number of nitriles is 2. The summed E-state index contributed by atoms with van der Waals surface area (Å²) in [6, 6.07) is 17.8. The van der Waals surface area contributed by atoms with Gasteiger partial charge in [-0.05, 0) is 176 Å². The highest BCUT2D eigenvalue weighted by Gasteiger charge is 2.44. The van der Waals surface area contributed by atoms with Gasteiger partial charge in [-0.25, -0.2) is 44.6 Å². The van der Waals surface area contributed by atoms with Gasteiger partial charge >= 0.3 is 12.1 Å². The van der Waals surface area contributed by atoms with Crippen LogP contribution in [0.1, 0.15) is 84.1 Å². The van der Waals surface area contributed by atoms with Crippen molar-refractivity contribution < 1.29 is 63.6 Å². The molecular formula is C64H86Cl2F2N12O12S2. The van der Waals surface area contributed by atoms with Gasteiger partial charge in [-0.1, -0.05) is 23.2 Å². The third kappa shape index (κ3) is 20.7. The van der Waals surface area contributed by atoms with Crippen molar-refractivity contribution in [3.05, 3.63) is 116 Å². The molecule has 4 aromatic carbocycles. The lowest BCUT2D eigenvalue weighted by Crippen LogP contribution is -2.51. The molecule has 4 aliphatic rings. The number of ether oxygens (including phenoxy) is 6. The number of likely N-dealkylation sites (tertiary alicyclic amines) is 2. The van der Waals surface area contributed by atoms with Crippen LogP contribution in [-0.2, 0) is 51.8 Å². The summed E-state index contributed by atoms with van der Waals surface area (Å²) in [4.78, 5) is 32.8. The van der Waals surface area contributed by atoms with Gasteiger partial charge in [0.1, 0.15) is 12.2 Å². The maximum atomic E-state index is 15.7. The zero-order chi connectivity index (χ0) is 67.4. The highest BCUT2D eigenvalue weighted by molar-refractivity contribution is 7.89. The molecule has 514 valence electrons. The molecule has 0 bridgehead atoms. The minimum absolute atomic E-state index is 0.0209.